The largest absolute Gasteiger partial charge is 0.503 e. The fourth-order valence-electron chi connectivity index (χ4n) is 1.59. The third-order valence-corrected chi connectivity index (χ3v) is 3.92. The monoisotopic (exact) mass is 369 g/mol. The Bertz CT molecular complexity index is 696. The van der Waals surface area contributed by atoms with Crippen LogP contribution >= 0.6 is 27.3 Å². The Hall–Kier alpha value is -1.86. The van der Waals surface area contributed by atoms with E-state index in [-0.39, 0.29) is 11.4 Å². The molecule has 2 N–H and O–H groups in total. The van der Waals surface area contributed by atoms with Gasteiger partial charge in [-0.1, -0.05) is 6.08 Å². The molecule has 2 aromatic rings. The molecule has 0 aliphatic heterocycles. The van der Waals surface area contributed by atoms with Crippen LogP contribution in [0, 0.1) is 0 Å². The van der Waals surface area contributed by atoms with Crippen LogP contribution in [0.1, 0.15) is 28.0 Å². The molecule has 0 unspecified atom stereocenters. The smallest absolute Gasteiger partial charge is 0.355 e. The van der Waals surface area contributed by atoms with Crippen LogP contribution < -0.4 is 4.74 Å². The summed E-state index contributed by atoms with van der Waals surface area (Å²) in [4.78, 5) is 14.7. The zero-order valence-corrected chi connectivity index (χ0v) is 13.4. The van der Waals surface area contributed by atoms with Crippen LogP contribution in [0.5, 0.6) is 11.5 Å². The normalized spacial score (nSPS) is 11.0. The summed E-state index contributed by atoms with van der Waals surface area (Å²) >= 11 is 4.51. The molecule has 0 fully saturated rings. The number of carbonyl (C=O) groups is 1. The van der Waals surface area contributed by atoms with Gasteiger partial charge in [-0.15, -0.1) is 11.3 Å². The molecule has 5 nitrogen and oxygen atoms in total. The number of nitrogens with zero attached hydrogens (tertiary/aromatic N) is 1. The van der Waals surface area contributed by atoms with Gasteiger partial charge in [0.2, 0.25) is 0 Å². The van der Waals surface area contributed by atoms with Gasteiger partial charge in [0.25, 0.3) is 0 Å². The van der Waals surface area contributed by atoms with Crippen LogP contribution in [0.25, 0.3) is 12.2 Å². The number of carboxylic acids is 1. The Morgan fingerprint density at radius 1 is 1.48 bits per heavy atom. The van der Waals surface area contributed by atoms with Crippen LogP contribution in [0.2, 0.25) is 0 Å². The molecule has 0 saturated carbocycles. The highest BCUT2D eigenvalue weighted by molar-refractivity contribution is 9.10. The van der Waals surface area contributed by atoms with Crippen molar-refractivity contribution in [3.05, 3.63) is 38.3 Å². The number of aromatic nitrogens is 1. The van der Waals surface area contributed by atoms with Gasteiger partial charge >= 0.3 is 5.97 Å². The molecule has 21 heavy (non-hydrogen) atoms. The number of rotatable bonds is 5. The van der Waals surface area contributed by atoms with E-state index in [9.17, 15) is 9.90 Å². The topological polar surface area (TPSA) is 79.7 Å². The molecule has 1 heterocycles. The van der Waals surface area contributed by atoms with E-state index < -0.39 is 5.97 Å². The molecule has 0 spiro atoms. The van der Waals surface area contributed by atoms with E-state index in [2.05, 4.69) is 20.9 Å². The van der Waals surface area contributed by atoms with Crippen molar-refractivity contribution in [2.75, 3.05) is 6.61 Å². The molecule has 7 heteroatoms. The number of hydrogen-bond acceptors (Lipinski definition) is 5. The van der Waals surface area contributed by atoms with E-state index in [1.54, 1.807) is 24.3 Å². The Morgan fingerprint density at radius 2 is 2.24 bits per heavy atom. The highest BCUT2D eigenvalue weighted by Gasteiger charge is 2.09. The van der Waals surface area contributed by atoms with E-state index >= 15 is 0 Å². The van der Waals surface area contributed by atoms with Crippen LogP contribution in [0.3, 0.4) is 0 Å². The maximum atomic E-state index is 10.8. The van der Waals surface area contributed by atoms with Gasteiger partial charge in [-0.2, -0.15) is 0 Å². The summed E-state index contributed by atoms with van der Waals surface area (Å²) in [6, 6.07) is 3.44. The molecule has 0 aliphatic carbocycles. The van der Waals surface area contributed by atoms with Crippen molar-refractivity contribution in [1.82, 2.24) is 4.98 Å². The molecule has 1 aromatic heterocycles. The van der Waals surface area contributed by atoms with E-state index in [0.717, 1.165) is 5.56 Å². The molecule has 0 aliphatic rings. The summed E-state index contributed by atoms with van der Waals surface area (Å²) in [6.07, 6.45) is 3.49. The Morgan fingerprint density at radius 3 is 2.86 bits per heavy atom. The summed E-state index contributed by atoms with van der Waals surface area (Å²) in [5, 5.41) is 20.7. The summed E-state index contributed by atoms with van der Waals surface area (Å²) in [5.74, 6) is -0.606. The van der Waals surface area contributed by atoms with Gasteiger partial charge in [-0.25, -0.2) is 9.78 Å². The molecule has 110 valence electrons. The molecule has 0 saturated heterocycles. The minimum absolute atomic E-state index is 0.0292. The zero-order valence-electron chi connectivity index (χ0n) is 11.0. The van der Waals surface area contributed by atoms with Crippen molar-refractivity contribution < 1.29 is 19.7 Å². The second kappa shape index (κ2) is 6.73. The first-order valence-electron chi connectivity index (χ1n) is 6.03. The molecule has 0 bridgehead atoms. The zero-order chi connectivity index (χ0) is 15.4. The first-order valence-corrected chi connectivity index (χ1v) is 7.70. The quantitative estimate of drug-likeness (QED) is 0.835. The number of phenols is 1. The van der Waals surface area contributed by atoms with Crippen LogP contribution in [-0.2, 0) is 0 Å². The van der Waals surface area contributed by atoms with Gasteiger partial charge in [0.1, 0.15) is 5.01 Å². The average molecular weight is 370 g/mol. The number of aromatic carboxylic acids is 1. The highest BCUT2D eigenvalue weighted by atomic mass is 79.9. The van der Waals surface area contributed by atoms with Gasteiger partial charge in [-0.05, 0) is 46.6 Å². The van der Waals surface area contributed by atoms with Crippen LogP contribution in [0.15, 0.2) is 22.0 Å². The first kappa shape index (κ1) is 15.5. The van der Waals surface area contributed by atoms with Crippen molar-refractivity contribution in [3.8, 4) is 11.5 Å². The second-order valence-corrected chi connectivity index (χ2v) is 5.74. The molecule has 0 amide bonds. The third kappa shape index (κ3) is 3.83. The van der Waals surface area contributed by atoms with E-state index in [1.807, 2.05) is 6.92 Å². The first-order chi connectivity index (χ1) is 10.0. The minimum Gasteiger partial charge on any atom is -0.503 e. The van der Waals surface area contributed by atoms with E-state index in [1.165, 1.54) is 16.7 Å². The number of hydrogen-bond donors (Lipinski definition) is 2. The fraction of sp³-hybridized carbons (Fsp3) is 0.143. The van der Waals surface area contributed by atoms with Crippen molar-refractivity contribution in [3.63, 3.8) is 0 Å². The van der Waals surface area contributed by atoms with Gasteiger partial charge in [-0.3, -0.25) is 0 Å². The average Bonchev–Trinajstić information content (AvgIpc) is 2.91. The second-order valence-electron chi connectivity index (χ2n) is 3.99. The molecule has 0 radical (unpaired) electrons. The predicted molar refractivity (Wildman–Crippen MR) is 85.0 cm³/mol. The minimum atomic E-state index is -1.04. The Kier molecular flexibility index (Phi) is 4.98. The lowest BCUT2D eigenvalue weighted by Crippen LogP contribution is -1.95. The Labute approximate surface area is 133 Å². The number of phenolic OH excluding ortho intramolecular Hbond substituents is 1. The molecular weight excluding hydrogens is 358 g/mol. The Balaban J connectivity index is 2.25. The van der Waals surface area contributed by atoms with Crippen molar-refractivity contribution in [2.24, 2.45) is 0 Å². The van der Waals surface area contributed by atoms with Crippen LogP contribution in [0.4, 0.5) is 0 Å². The maximum absolute atomic E-state index is 10.8. The summed E-state index contributed by atoms with van der Waals surface area (Å²) < 4.78 is 5.87. The standard InChI is InChI=1S/C14H12BrNO4S/c1-2-20-11-6-8(5-9(15)13(11)17)3-4-12-16-10(7-21-12)14(18)19/h3-7,17H,2H2,1H3,(H,18,19)/b4-3-. The predicted octanol–water partition coefficient (Wildman–Crippen LogP) is 3.88. The summed E-state index contributed by atoms with van der Waals surface area (Å²) in [6.45, 7) is 2.28. The van der Waals surface area contributed by atoms with Gasteiger partial charge < -0.3 is 14.9 Å². The fourth-order valence-corrected chi connectivity index (χ4v) is 2.73. The van der Waals surface area contributed by atoms with Crippen molar-refractivity contribution in [2.45, 2.75) is 6.92 Å². The van der Waals surface area contributed by atoms with Gasteiger partial charge in [0, 0.05) is 5.38 Å². The van der Waals surface area contributed by atoms with Crippen molar-refractivity contribution >= 4 is 45.4 Å². The van der Waals surface area contributed by atoms with Gasteiger partial charge in [0.05, 0.1) is 11.1 Å². The molecular formula is C14H12BrNO4S. The van der Waals surface area contributed by atoms with E-state index in [4.69, 9.17) is 9.84 Å². The van der Waals surface area contributed by atoms with Gasteiger partial charge in [0.15, 0.2) is 17.2 Å². The number of thiazole rings is 1. The SMILES string of the molecule is CCOc1cc(/C=C\c2nc(C(=O)O)cs2)cc(Br)c1O. The summed E-state index contributed by atoms with van der Waals surface area (Å²) in [5.41, 5.74) is 0.830. The lowest BCUT2D eigenvalue weighted by molar-refractivity contribution is 0.0691. The molecule has 1 aromatic carbocycles. The number of carboxylic acid groups (broad SMARTS) is 1. The third-order valence-electron chi connectivity index (χ3n) is 2.51. The number of halogens is 1. The number of ether oxygens (including phenoxy) is 1. The van der Waals surface area contributed by atoms with E-state index in [0.29, 0.717) is 21.8 Å². The summed E-state index contributed by atoms with van der Waals surface area (Å²) in [7, 11) is 0. The lowest BCUT2D eigenvalue weighted by Gasteiger charge is -2.08. The number of aromatic hydroxyl groups is 1. The van der Waals surface area contributed by atoms with Crippen LogP contribution in [-0.4, -0.2) is 27.8 Å². The molecule has 2 rings (SSSR count). The number of benzene rings is 1. The maximum Gasteiger partial charge on any atom is 0.355 e. The molecule has 0 atom stereocenters. The highest BCUT2D eigenvalue weighted by Crippen LogP contribution is 2.36. The lowest BCUT2D eigenvalue weighted by atomic mass is 10.2. The van der Waals surface area contributed by atoms with Crippen molar-refractivity contribution in [1.29, 1.82) is 0 Å².